The van der Waals surface area contributed by atoms with Gasteiger partial charge in [-0.15, -0.1) is 0 Å². The number of carbonyl (C=O) groups excluding carboxylic acids is 4. The number of rotatable bonds is 5. The molecule has 1 aromatic heterocycles. The number of aromatic nitrogens is 1. The lowest BCUT2D eigenvalue weighted by molar-refractivity contribution is -0.139. The summed E-state index contributed by atoms with van der Waals surface area (Å²) in [5, 5.41) is 2.64. The summed E-state index contributed by atoms with van der Waals surface area (Å²) < 4.78 is 5.04. The number of nitrogens with zero attached hydrogens (tertiary/aromatic N) is 3. The van der Waals surface area contributed by atoms with E-state index in [-0.39, 0.29) is 29.6 Å². The number of amides is 4. The van der Waals surface area contributed by atoms with Crippen molar-refractivity contribution in [3.8, 4) is 0 Å². The van der Waals surface area contributed by atoms with Gasteiger partial charge in [-0.1, -0.05) is 62.3 Å². The molecule has 6 rings (SSSR count). The van der Waals surface area contributed by atoms with Crippen LogP contribution in [-0.2, 0) is 32.0 Å². The van der Waals surface area contributed by atoms with E-state index < -0.39 is 21.9 Å². The molecule has 1 saturated carbocycles. The van der Waals surface area contributed by atoms with Gasteiger partial charge in [0, 0.05) is 64.6 Å². The van der Waals surface area contributed by atoms with Gasteiger partial charge in [0.25, 0.3) is 9.70 Å². The lowest BCUT2D eigenvalue weighted by Crippen LogP contribution is -2.45. The molecular weight excluding hydrogens is 870 g/mol. The Morgan fingerprint density at radius 2 is 1.51 bits per heavy atom. The molecule has 9 nitrogen and oxygen atoms in total. The molecule has 4 aliphatic rings. The second-order valence-corrected chi connectivity index (χ2v) is 18.6. The van der Waals surface area contributed by atoms with Crippen LogP contribution in [0.3, 0.4) is 0 Å². The zero-order valence-corrected chi connectivity index (χ0v) is 34.1. The van der Waals surface area contributed by atoms with E-state index in [0.717, 1.165) is 71.3 Å². The van der Waals surface area contributed by atoms with Crippen molar-refractivity contribution in [3.63, 3.8) is 0 Å². The largest absolute Gasteiger partial charge is 0.446 e. The van der Waals surface area contributed by atoms with Crippen LogP contribution in [0.5, 0.6) is 0 Å². The summed E-state index contributed by atoms with van der Waals surface area (Å²) >= 11 is 30.4. The van der Waals surface area contributed by atoms with Gasteiger partial charge in [-0.05, 0) is 127 Å². The van der Waals surface area contributed by atoms with Crippen LogP contribution in [0.15, 0.2) is 33.3 Å². The van der Waals surface area contributed by atoms with Gasteiger partial charge in [0.15, 0.2) is 0 Å². The van der Waals surface area contributed by atoms with Crippen molar-refractivity contribution in [2.75, 3.05) is 26.2 Å². The van der Waals surface area contributed by atoms with Crippen LogP contribution in [0.4, 0.5) is 4.79 Å². The fourth-order valence-corrected chi connectivity index (χ4v) is 9.92. The highest BCUT2D eigenvalue weighted by Crippen LogP contribution is 2.46. The number of ether oxygens (including phenoxy) is 1. The number of carbonyl (C=O) groups is 4. The van der Waals surface area contributed by atoms with Gasteiger partial charge in [-0.25, -0.2) is 4.79 Å². The number of pyridine rings is 1. The summed E-state index contributed by atoms with van der Waals surface area (Å²) in [5.41, 5.74) is 4.93. The maximum Gasteiger partial charge on any atom is 0.414 e. The molecule has 2 saturated heterocycles. The number of piperidine rings is 2. The summed E-state index contributed by atoms with van der Waals surface area (Å²) in [6, 6.07) is 6.28. The Balaban J connectivity index is 0.964. The molecule has 4 amide bonds. The van der Waals surface area contributed by atoms with Crippen molar-refractivity contribution in [1.29, 1.82) is 0 Å². The quantitative estimate of drug-likeness (QED) is 0.302. The van der Waals surface area contributed by atoms with Crippen LogP contribution in [-0.4, -0.2) is 74.7 Å². The Morgan fingerprint density at radius 1 is 0.863 bits per heavy atom. The number of nitrogens with one attached hydrogen (secondary N) is 1. The number of alkyl halides is 3. The monoisotopic (exact) mass is 906 g/mol. The molecule has 276 valence electrons. The molecule has 2 aliphatic carbocycles. The minimum Gasteiger partial charge on any atom is -0.446 e. The van der Waals surface area contributed by atoms with Gasteiger partial charge >= 0.3 is 6.09 Å². The van der Waals surface area contributed by atoms with E-state index in [2.05, 4.69) is 44.0 Å². The average molecular weight is 910 g/mol. The van der Waals surface area contributed by atoms with Crippen molar-refractivity contribution in [2.24, 2.45) is 17.8 Å². The van der Waals surface area contributed by atoms with Crippen molar-refractivity contribution < 1.29 is 23.9 Å². The molecule has 1 atom stereocenters. The molecule has 3 fully saturated rings. The molecule has 2 aromatic rings. The van der Waals surface area contributed by atoms with Crippen molar-refractivity contribution >= 4 is 102 Å². The van der Waals surface area contributed by atoms with Gasteiger partial charge in [0.05, 0.1) is 5.69 Å². The molecule has 2 aliphatic heterocycles. The van der Waals surface area contributed by atoms with Crippen LogP contribution >= 0.6 is 78.3 Å². The summed E-state index contributed by atoms with van der Waals surface area (Å²) in [6.45, 7) is 2.72. The second-order valence-electron chi connectivity index (χ2n) is 14.2. The Hall–Kier alpha value is -1.63. The predicted octanol–water partition coefficient (Wildman–Crippen LogP) is 8.54. The van der Waals surface area contributed by atoms with Crippen LogP contribution in [0.25, 0.3) is 0 Å². The highest BCUT2D eigenvalue weighted by molar-refractivity contribution is 9.10. The van der Waals surface area contributed by atoms with Crippen LogP contribution in [0.2, 0.25) is 5.02 Å². The SMILES string of the molecule is O=C(NC(=O)C(Cl)(Cl)Cl)OC1CCC(C(=O)N2CCC(CC(=O)N3CCC([C@H]4c5ncc(Br)cc5CCc5cc(Cl)cc(Br)c54)CC3)CC2)CC1. The van der Waals surface area contributed by atoms with Gasteiger partial charge in [-0.3, -0.25) is 24.7 Å². The Morgan fingerprint density at radius 3 is 2.18 bits per heavy atom. The Labute approximate surface area is 335 Å². The number of hydrogen-bond donors (Lipinski definition) is 1. The van der Waals surface area contributed by atoms with Crippen molar-refractivity contribution in [2.45, 2.75) is 86.4 Å². The first-order valence-corrected chi connectivity index (χ1v) is 20.6. The molecule has 3 heterocycles. The zero-order valence-electron chi connectivity index (χ0n) is 28.0. The van der Waals surface area contributed by atoms with Gasteiger partial charge in [0.1, 0.15) is 6.10 Å². The molecule has 0 bridgehead atoms. The standard InChI is InChI=1S/C36H40Br2Cl4N4O5/c37-25-16-24-2-1-23-17-26(39)18-28(38)30(23)31(32(24)43-19-25)21-9-13-45(14-10-21)29(47)15-20-7-11-46(12-8-20)33(48)22-3-5-27(6-4-22)51-35(50)44-34(49)36(40,41)42/h16-22,27,31H,1-15H2,(H,44,49,50)/t22?,27?,31-/m1/s1. The molecule has 1 N–H and O–H groups in total. The lowest BCUT2D eigenvalue weighted by atomic mass is 9.76. The predicted molar refractivity (Wildman–Crippen MR) is 204 cm³/mol. The minimum absolute atomic E-state index is 0.119. The third-order valence-electron chi connectivity index (χ3n) is 10.9. The maximum atomic E-state index is 13.5. The number of halogens is 6. The zero-order chi connectivity index (χ0) is 36.4. The Bertz CT molecular complexity index is 1650. The summed E-state index contributed by atoms with van der Waals surface area (Å²) in [5.74, 6) is -0.172. The number of likely N-dealkylation sites (tertiary alicyclic amines) is 2. The van der Waals surface area contributed by atoms with Gasteiger partial charge in [0.2, 0.25) is 11.8 Å². The number of benzene rings is 1. The third kappa shape index (κ3) is 9.55. The first-order chi connectivity index (χ1) is 24.3. The van der Waals surface area contributed by atoms with E-state index in [9.17, 15) is 19.2 Å². The first-order valence-electron chi connectivity index (χ1n) is 17.5. The van der Waals surface area contributed by atoms with Crippen LogP contribution in [0, 0.1) is 17.8 Å². The summed E-state index contributed by atoms with van der Waals surface area (Å²) in [7, 11) is 0. The molecule has 0 radical (unpaired) electrons. The molecular formula is C36H40Br2Cl4N4O5. The second kappa shape index (κ2) is 16.8. The minimum atomic E-state index is -2.26. The fourth-order valence-electron chi connectivity index (χ4n) is 8.28. The molecule has 1 aromatic carbocycles. The molecule has 0 unspecified atom stereocenters. The molecule has 51 heavy (non-hydrogen) atoms. The smallest absolute Gasteiger partial charge is 0.414 e. The van der Waals surface area contributed by atoms with Crippen molar-refractivity contribution in [3.05, 3.63) is 60.7 Å². The van der Waals surface area contributed by atoms with E-state index in [4.69, 9.17) is 56.1 Å². The fraction of sp³-hybridized carbons (Fsp3) is 0.583. The Kier molecular flexibility index (Phi) is 12.9. The van der Waals surface area contributed by atoms with Crippen LogP contribution < -0.4 is 5.32 Å². The topological polar surface area (TPSA) is 109 Å². The highest BCUT2D eigenvalue weighted by atomic mass is 79.9. The van der Waals surface area contributed by atoms with E-state index >= 15 is 0 Å². The lowest BCUT2D eigenvalue weighted by Gasteiger charge is -2.39. The van der Waals surface area contributed by atoms with Gasteiger partial charge in [-0.2, -0.15) is 0 Å². The third-order valence-corrected chi connectivity index (χ3v) is 12.8. The van der Waals surface area contributed by atoms with Crippen LogP contribution in [0.1, 0.15) is 86.1 Å². The molecule has 15 heteroatoms. The van der Waals surface area contributed by atoms with Gasteiger partial charge < -0.3 is 14.5 Å². The number of hydrogen-bond acceptors (Lipinski definition) is 6. The first kappa shape index (κ1) is 39.1. The maximum absolute atomic E-state index is 13.5. The normalized spacial score (nSPS) is 23.1. The summed E-state index contributed by atoms with van der Waals surface area (Å²) in [4.78, 5) is 59.5. The van der Waals surface area contributed by atoms with E-state index in [1.165, 1.54) is 16.7 Å². The van der Waals surface area contributed by atoms with Crippen molar-refractivity contribution in [1.82, 2.24) is 20.1 Å². The average Bonchev–Trinajstić information content (AvgIpc) is 3.25. The molecule has 0 spiro atoms. The number of aryl methyl sites for hydroxylation is 2. The number of fused-ring (bicyclic) bond motifs is 2. The highest BCUT2D eigenvalue weighted by Gasteiger charge is 2.38. The summed E-state index contributed by atoms with van der Waals surface area (Å²) in [6.07, 6.45) is 8.41. The van der Waals surface area contributed by atoms with E-state index in [1.54, 1.807) is 0 Å². The number of alkyl carbamates (subject to hydrolysis) is 1. The number of imide groups is 1. The van der Waals surface area contributed by atoms with E-state index in [1.807, 2.05) is 27.4 Å². The van der Waals surface area contributed by atoms with E-state index in [0.29, 0.717) is 51.1 Å².